The molecule has 20 heavy (non-hydrogen) atoms. The molecule has 1 atom stereocenters. The molecule has 2 N–H and O–H groups in total. The quantitative estimate of drug-likeness (QED) is 0.757. The summed E-state index contributed by atoms with van der Waals surface area (Å²) in [7, 11) is 0. The second kappa shape index (κ2) is 5.98. The van der Waals surface area contributed by atoms with E-state index in [1.165, 1.54) is 32.1 Å². The Morgan fingerprint density at radius 2 is 1.95 bits per heavy atom. The maximum atomic E-state index is 4.71. The minimum atomic E-state index is 0.503. The van der Waals surface area contributed by atoms with E-state index >= 15 is 0 Å². The third-order valence-electron chi connectivity index (χ3n) is 4.02. The lowest BCUT2D eigenvalue weighted by Crippen LogP contribution is -2.18. The van der Waals surface area contributed by atoms with Gasteiger partial charge in [-0.3, -0.25) is 0 Å². The van der Waals surface area contributed by atoms with Crippen molar-refractivity contribution in [1.29, 1.82) is 0 Å². The van der Waals surface area contributed by atoms with E-state index in [9.17, 15) is 0 Å². The maximum Gasteiger partial charge on any atom is 0.136 e. The molecular weight excluding hydrogens is 248 g/mol. The highest BCUT2D eigenvalue weighted by Crippen LogP contribution is 2.39. The van der Waals surface area contributed by atoms with E-state index in [2.05, 4.69) is 35.5 Å². The van der Waals surface area contributed by atoms with Crippen LogP contribution in [0.15, 0.2) is 6.07 Å². The average Bonchev–Trinajstić information content (AvgIpc) is 3.27. The molecule has 1 aromatic rings. The van der Waals surface area contributed by atoms with E-state index < -0.39 is 0 Å². The Kier molecular flexibility index (Phi) is 4.08. The van der Waals surface area contributed by atoms with Gasteiger partial charge in [0, 0.05) is 24.6 Å². The van der Waals surface area contributed by atoms with Gasteiger partial charge in [-0.2, -0.15) is 0 Å². The van der Waals surface area contributed by atoms with Gasteiger partial charge < -0.3 is 10.6 Å². The van der Waals surface area contributed by atoms with E-state index in [0.717, 1.165) is 36.3 Å². The van der Waals surface area contributed by atoms with Crippen molar-refractivity contribution in [1.82, 2.24) is 9.97 Å². The Morgan fingerprint density at radius 3 is 2.60 bits per heavy atom. The van der Waals surface area contributed by atoms with Crippen molar-refractivity contribution in [3.8, 4) is 0 Å². The zero-order chi connectivity index (χ0) is 13.9. The molecule has 4 nitrogen and oxygen atoms in total. The van der Waals surface area contributed by atoms with Gasteiger partial charge in [0.2, 0.25) is 0 Å². The monoisotopic (exact) mass is 274 g/mol. The predicted octanol–water partition coefficient (Wildman–Crippen LogP) is 3.78. The van der Waals surface area contributed by atoms with Crippen LogP contribution in [0.25, 0.3) is 0 Å². The molecule has 1 unspecified atom stereocenters. The first-order valence-electron chi connectivity index (χ1n) is 8.14. The highest BCUT2D eigenvalue weighted by atomic mass is 15.1. The van der Waals surface area contributed by atoms with Gasteiger partial charge in [0.05, 0.1) is 0 Å². The van der Waals surface area contributed by atoms with E-state index in [1.54, 1.807) is 0 Å². The smallest absolute Gasteiger partial charge is 0.136 e. The van der Waals surface area contributed by atoms with Crippen LogP contribution in [-0.4, -0.2) is 22.6 Å². The highest BCUT2D eigenvalue weighted by Gasteiger charge is 2.28. The lowest BCUT2D eigenvalue weighted by Gasteiger charge is -2.16. The Morgan fingerprint density at radius 1 is 1.20 bits per heavy atom. The molecule has 0 amide bonds. The normalized spacial score (nSPS) is 19.7. The highest BCUT2D eigenvalue weighted by molar-refractivity contribution is 5.48. The second-order valence-electron chi connectivity index (χ2n) is 6.42. The zero-order valence-corrected chi connectivity index (χ0v) is 12.7. The number of hydrogen-bond donors (Lipinski definition) is 2. The van der Waals surface area contributed by atoms with Crippen molar-refractivity contribution in [2.45, 2.75) is 64.3 Å². The van der Waals surface area contributed by atoms with Crippen LogP contribution in [0.1, 0.15) is 64.1 Å². The molecule has 0 saturated heterocycles. The first-order valence-corrected chi connectivity index (χ1v) is 8.14. The molecule has 0 bridgehead atoms. The fraction of sp³-hybridized carbons (Fsp3) is 0.750. The molecule has 1 aromatic heterocycles. The first kappa shape index (κ1) is 13.7. The fourth-order valence-electron chi connectivity index (χ4n) is 2.57. The molecule has 2 aliphatic carbocycles. The van der Waals surface area contributed by atoms with Crippen LogP contribution >= 0.6 is 0 Å². The standard InChI is InChI=1S/C16H26N4/c1-3-8-17-14-10-15(18-11(2)9-12-4-5-12)20-16(19-14)13-6-7-13/h10-13H,3-9H2,1-2H3,(H2,17,18,19,20). The van der Waals surface area contributed by atoms with E-state index in [-0.39, 0.29) is 0 Å². The minimum absolute atomic E-state index is 0.503. The summed E-state index contributed by atoms with van der Waals surface area (Å²) in [4.78, 5) is 9.36. The number of nitrogens with zero attached hydrogens (tertiary/aromatic N) is 2. The van der Waals surface area contributed by atoms with Crippen molar-refractivity contribution < 1.29 is 0 Å². The lowest BCUT2D eigenvalue weighted by molar-refractivity contribution is 0.639. The molecule has 0 spiro atoms. The lowest BCUT2D eigenvalue weighted by atomic mass is 10.1. The van der Waals surface area contributed by atoms with Gasteiger partial charge in [-0.25, -0.2) is 9.97 Å². The Hall–Kier alpha value is -1.32. The van der Waals surface area contributed by atoms with Crippen LogP contribution in [0, 0.1) is 5.92 Å². The van der Waals surface area contributed by atoms with Crippen LogP contribution in [0.2, 0.25) is 0 Å². The largest absolute Gasteiger partial charge is 0.370 e. The molecular formula is C16H26N4. The van der Waals surface area contributed by atoms with E-state index in [0.29, 0.717) is 12.0 Å². The third kappa shape index (κ3) is 3.84. The summed E-state index contributed by atoms with van der Waals surface area (Å²) < 4.78 is 0. The summed E-state index contributed by atoms with van der Waals surface area (Å²) in [6.45, 7) is 5.40. The Bertz CT molecular complexity index is 452. The number of nitrogens with one attached hydrogen (secondary N) is 2. The van der Waals surface area contributed by atoms with Gasteiger partial charge in [0.1, 0.15) is 17.5 Å². The SMILES string of the molecule is CCCNc1cc(NC(C)CC2CC2)nc(C2CC2)n1. The van der Waals surface area contributed by atoms with Crippen LogP contribution in [0.3, 0.4) is 0 Å². The summed E-state index contributed by atoms with van der Waals surface area (Å²) >= 11 is 0. The predicted molar refractivity (Wildman–Crippen MR) is 83.2 cm³/mol. The molecule has 4 heteroatoms. The van der Waals surface area contributed by atoms with Crippen molar-refractivity contribution in [2.24, 2.45) is 5.92 Å². The number of anilines is 2. The summed E-state index contributed by atoms with van der Waals surface area (Å²) in [5, 5.41) is 6.95. The summed E-state index contributed by atoms with van der Waals surface area (Å²) in [6, 6.07) is 2.56. The molecule has 0 aromatic carbocycles. The molecule has 2 fully saturated rings. The van der Waals surface area contributed by atoms with Crippen LogP contribution in [0.4, 0.5) is 11.6 Å². The van der Waals surface area contributed by atoms with Gasteiger partial charge in [-0.15, -0.1) is 0 Å². The molecule has 0 aliphatic heterocycles. The van der Waals surface area contributed by atoms with Crippen LogP contribution < -0.4 is 10.6 Å². The van der Waals surface area contributed by atoms with Crippen LogP contribution in [0.5, 0.6) is 0 Å². The number of rotatable bonds is 8. The topological polar surface area (TPSA) is 49.8 Å². The average molecular weight is 274 g/mol. The molecule has 2 aliphatic rings. The Balaban J connectivity index is 1.68. The van der Waals surface area contributed by atoms with E-state index in [1.807, 2.05) is 0 Å². The second-order valence-corrected chi connectivity index (χ2v) is 6.42. The van der Waals surface area contributed by atoms with E-state index in [4.69, 9.17) is 4.98 Å². The van der Waals surface area contributed by atoms with Gasteiger partial charge in [-0.1, -0.05) is 19.8 Å². The summed E-state index contributed by atoms with van der Waals surface area (Å²) in [6.07, 6.45) is 7.69. The fourth-order valence-corrected chi connectivity index (χ4v) is 2.57. The summed E-state index contributed by atoms with van der Waals surface area (Å²) in [5.74, 6) is 4.53. The summed E-state index contributed by atoms with van der Waals surface area (Å²) in [5.41, 5.74) is 0. The van der Waals surface area contributed by atoms with Gasteiger partial charge in [-0.05, 0) is 38.5 Å². The number of aromatic nitrogens is 2. The first-order chi connectivity index (χ1) is 9.74. The molecule has 110 valence electrons. The number of hydrogen-bond acceptors (Lipinski definition) is 4. The zero-order valence-electron chi connectivity index (χ0n) is 12.7. The third-order valence-corrected chi connectivity index (χ3v) is 4.02. The minimum Gasteiger partial charge on any atom is -0.370 e. The van der Waals surface area contributed by atoms with Crippen molar-refractivity contribution in [3.05, 3.63) is 11.9 Å². The molecule has 1 heterocycles. The van der Waals surface area contributed by atoms with Gasteiger partial charge in [0.15, 0.2) is 0 Å². The van der Waals surface area contributed by atoms with Crippen molar-refractivity contribution >= 4 is 11.6 Å². The Labute approximate surface area is 121 Å². The van der Waals surface area contributed by atoms with Crippen LogP contribution in [-0.2, 0) is 0 Å². The van der Waals surface area contributed by atoms with Gasteiger partial charge >= 0.3 is 0 Å². The van der Waals surface area contributed by atoms with Crippen molar-refractivity contribution in [3.63, 3.8) is 0 Å². The maximum absolute atomic E-state index is 4.71. The van der Waals surface area contributed by atoms with Crippen molar-refractivity contribution in [2.75, 3.05) is 17.2 Å². The van der Waals surface area contributed by atoms with Gasteiger partial charge in [0.25, 0.3) is 0 Å². The molecule has 3 rings (SSSR count). The molecule has 0 radical (unpaired) electrons. The molecule has 2 saturated carbocycles.